The third kappa shape index (κ3) is 27.5. The van der Waals surface area contributed by atoms with Crippen LogP contribution in [-0.2, 0) is 57.5 Å². The molecule has 0 saturated carbocycles. The van der Waals surface area contributed by atoms with Crippen LogP contribution in [0.3, 0.4) is 0 Å². The van der Waals surface area contributed by atoms with Crippen molar-refractivity contribution in [2.24, 2.45) is 46.2 Å². The van der Waals surface area contributed by atoms with Crippen molar-refractivity contribution < 1.29 is 62.6 Å². The smallest absolute Gasteiger partial charge is 0.326 e. The Morgan fingerprint density at radius 2 is 0.972 bits per heavy atom. The minimum Gasteiger partial charge on any atom is -0.480 e. The van der Waals surface area contributed by atoms with Gasteiger partial charge in [-0.3, -0.25) is 52.7 Å². The Morgan fingerprint density at radius 1 is 0.528 bits per heavy atom. The number of thioether (sulfide) groups is 1. The van der Waals surface area contributed by atoms with Gasteiger partial charge < -0.3 is 82.0 Å². The number of carboxylic acids is 1. The van der Waals surface area contributed by atoms with E-state index in [-0.39, 0.29) is 57.5 Å². The summed E-state index contributed by atoms with van der Waals surface area (Å²) in [4.78, 5) is 155. The van der Waals surface area contributed by atoms with Gasteiger partial charge in [-0.15, -0.1) is 0 Å². The number of nitrogens with one attached hydrogen (secondary N) is 8. The molecule has 0 bridgehead atoms. The Labute approximate surface area is 424 Å². The van der Waals surface area contributed by atoms with Gasteiger partial charge >= 0.3 is 5.97 Å². The van der Waals surface area contributed by atoms with E-state index in [4.69, 9.17) is 34.4 Å². The van der Waals surface area contributed by atoms with Crippen LogP contribution < -0.4 is 76.9 Å². The molecule has 0 heterocycles. The summed E-state index contributed by atoms with van der Waals surface area (Å²) in [5.41, 5.74) is 33.2. The molecule has 72 heavy (non-hydrogen) atoms. The lowest BCUT2D eigenvalue weighted by Crippen LogP contribution is -2.60. The summed E-state index contributed by atoms with van der Waals surface area (Å²) in [5, 5.41) is 28.9. The van der Waals surface area contributed by atoms with Gasteiger partial charge in [-0.2, -0.15) is 11.8 Å². The summed E-state index contributed by atoms with van der Waals surface area (Å²) in [5.74, 6) is -11.6. The van der Waals surface area contributed by atoms with Crippen LogP contribution in [-0.4, -0.2) is 156 Å². The van der Waals surface area contributed by atoms with Gasteiger partial charge in [-0.25, -0.2) is 4.79 Å². The lowest BCUT2D eigenvalue weighted by atomic mass is 9.96. The van der Waals surface area contributed by atoms with Crippen molar-refractivity contribution in [2.75, 3.05) is 31.6 Å². The van der Waals surface area contributed by atoms with E-state index in [2.05, 4.69) is 42.5 Å². The fraction of sp³-hybridized carbons (Fsp3) is 0.727. The number of primary amides is 3. The molecule has 27 nitrogen and oxygen atoms in total. The van der Waals surface area contributed by atoms with Crippen molar-refractivity contribution in [2.45, 2.75) is 160 Å². The molecule has 0 fully saturated rings. The number of rotatable bonds is 39. The zero-order valence-electron chi connectivity index (χ0n) is 42.0. The zero-order chi connectivity index (χ0) is 55.1. The van der Waals surface area contributed by atoms with Crippen molar-refractivity contribution in [3.63, 3.8) is 0 Å². The SMILES string of the molecule is CC[C@H](C)[C@H](NC(=O)[C@@H](N)CC(C)C)C(=O)N[C@@H](CCC(N)=O)C(=O)N[C@@H](CCSC)C(=O)N[C@@H](CCCCN)C(=O)N[C@@H](CC(N)=O)C(=O)NCC(=O)N[C@@H](CC(N)=O)C(=O)N[C@@H](CCCCN)C(=O)O. The minimum absolute atomic E-state index is 0.00266. The molecule has 0 unspecified atom stereocenters. The monoisotopic (exact) mass is 1040 g/mol. The van der Waals surface area contributed by atoms with Crippen LogP contribution in [0.25, 0.3) is 0 Å². The Morgan fingerprint density at radius 3 is 1.43 bits per heavy atom. The van der Waals surface area contributed by atoms with Gasteiger partial charge in [-0.1, -0.05) is 34.1 Å². The molecule has 410 valence electrons. The molecule has 0 aliphatic heterocycles. The van der Waals surface area contributed by atoms with Crippen LogP contribution >= 0.6 is 11.8 Å². The fourth-order valence-corrected chi connectivity index (χ4v) is 7.33. The molecule has 0 radical (unpaired) electrons. The van der Waals surface area contributed by atoms with Crippen LogP contribution in [0.1, 0.15) is 111 Å². The second kappa shape index (κ2) is 35.9. The number of carbonyl (C=O) groups excluding carboxylic acids is 11. The van der Waals surface area contributed by atoms with Crippen molar-refractivity contribution in [3.05, 3.63) is 0 Å². The molecular formula is C44H80N14O13S. The van der Waals surface area contributed by atoms with E-state index in [0.29, 0.717) is 37.9 Å². The van der Waals surface area contributed by atoms with E-state index in [1.807, 2.05) is 13.8 Å². The number of nitrogens with two attached hydrogens (primary N) is 6. The Balaban J connectivity index is 6.44. The average molecular weight is 1050 g/mol. The number of carboxylic acid groups (broad SMARTS) is 1. The van der Waals surface area contributed by atoms with Crippen LogP contribution in [0.4, 0.5) is 0 Å². The second-order valence-electron chi connectivity index (χ2n) is 17.8. The highest BCUT2D eigenvalue weighted by molar-refractivity contribution is 7.98. The van der Waals surface area contributed by atoms with E-state index >= 15 is 0 Å². The Bertz CT molecular complexity index is 1840. The number of carbonyl (C=O) groups is 12. The topological polar surface area (TPSA) is 477 Å². The van der Waals surface area contributed by atoms with Gasteiger partial charge in [0, 0.05) is 6.42 Å². The van der Waals surface area contributed by atoms with E-state index in [9.17, 15) is 62.6 Å². The summed E-state index contributed by atoms with van der Waals surface area (Å²) in [6.45, 7) is 6.85. The quantitative estimate of drug-likeness (QED) is 0.0256. The Hall–Kier alpha value is -6.13. The summed E-state index contributed by atoms with van der Waals surface area (Å²) < 4.78 is 0. The summed E-state index contributed by atoms with van der Waals surface area (Å²) in [6, 6.07) is -11.0. The highest BCUT2D eigenvalue weighted by atomic mass is 32.2. The first-order valence-corrected chi connectivity index (χ1v) is 25.3. The second-order valence-corrected chi connectivity index (χ2v) is 18.8. The van der Waals surface area contributed by atoms with Gasteiger partial charge in [0.25, 0.3) is 0 Å². The lowest BCUT2D eigenvalue weighted by Gasteiger charge is -2.29. The molecule has 0 rings (SSSR count). The lowest BCUT2D eigenvalue weighted by molar-refractivity contribution is -0.142. The van der Waals surface area contributed by atoms with Gasteiger partial charge in [-0.05, 0) is 94.7 Å². The number of hydrogen-bond donors (Lipinski definition) is 15. The maximum absolute atomic E-state index is 14.0. The van der Waals surface area contributed by atoms with Crippen molar-refractivity contribution >= 4 is 82.7 Å². The van der Waals surface area contributed by atoms with Crippen LogP contribution in [0.15, 0.2) is 0 Å². The predicted octanol–water partition coefficient (Wildman–Crippen LogP) is -4.97. The van der Waals surface area contributed by atoms with Crippen LogP contribution in [0.5, 0.6) is 0 Å². The molecule has 0 aromatic carbocycles. The van der Waals surface area contributed by atoms with Crippen LogP contribution in [0, 0.1) is 11.8 Å². The number of amides is 11. The molecule has 0 aromatic heterocycles. The van der Waals surface area contributed by atoms with Gasteiger partial charge in [0.1, 0.15) is 42.3 Å². The highest BCUT2D eigenvalue weighted by Crippen LogP contribution is 2.13. The predicted molar refractivity (Wildman–Crippen MR) is 266 cm³/mol. The van der Waals surface area contributed by atoms with Gasteiger partial charge in [0.15, 0.2) is 0 Å². The first kappa shape index (κ1) is 65.9. The first-order chi connectivity index (χ1) is 33.8. The van der Waals surface area contributed by atoms with E-state index in [0.717, 1.165) is 0 Å². The third-order valence-corrected chi connectivity index (χ3v) is 11.7. The highest BCUT2D eigenvalue weighted by Gasteiger charge is 2.35. The average Bonchev–Trinajstić information content (AvgIpc) is 3.30. The third-order valence-electron chi connectivity index (χ3n) is 11.1. The molecule has 0 aromatic rings. The van der Waals surface area contributed by atoms with Gasteiger partial charge in [0.2, 0.25) is 65.0 Å². The number of aliphatic carboxylic acids is 1. The molecule has 0 aliphatic carbocycles. The zero-order valence-corrected chi connectivity index (χ0v) is 42.8. The Kier molecular flexibility index (Phi) is 32.8. The normalized spacial score (nSPS) is 14.8. The first-order valence-electron chi connectivity index (χ1n) is 23.9. The molecule has 0 saturated heterocycles. The molecule has 9 atom stereocenters. The largest absolute Gasteiger partial charge is 0.480 e. The summed E-state index contributed by atoms with van der Waals surface area (Å²) in [7, 11) is 0. The van der Waals surface area contributed by atoms with Crippen molar-refractivity contribution in [1.82, 2.24) is 42.5 Å². The summed E-state index contributed by atoms with van der Waals surface area (Å²) >= 11 is 1.32. The van der Waals surface area contributed by atoms with Crippen LogP contribution in [0.2, 0.25) is 0 Å². The minimum atomic E-state index is -1.73. The fourth-order valence-electron chi connectivity index (χ4n) is 6.86. The van der Waals surface area contributed by atoms with Crippen molar-refractivity contribution in [1.29, 1.82) is 0 Å². The molecule has 28 heteroatoms. The molecule has 21 N–H and O–H groups in total. The molecule has 0 aliphatic rings. The number of unbranched alkanes of at least 4 members (excludes halogenated alkanes) is 2. The van der Waals surface area contributed by atoms with Crippen molar-refractivity contribution in [3.8, 4) is 0 Å². The molecule has 11 amide bonds. The maximum atomic E-state index is 14.0. The van der Waals surface area contributed by atoms with E-state index in [1.54, 1.807) is 20.1 Å². The number of hydrogen-bond acceptors (Lipinski definition) is 16. The van der Waals surface area contributed by atoms with E-state index in [1.165, 1.54) is 11.8 Å². The molecule has 0 spiro atoms. The van der Waals surface area contributed by atoms with Gasteiger partial charge in [0.05, 0.1) is 25.4 Å². The summed E-state index contributed by atoms with van der Waals surface area (Å²) in [6.07, 6.45) is 1.70. The molecular weight excluding hydrogens is 965 g/mol. The van der Waals surface area contributed by atoms with E-state index < -0.39 is 145 Å². The standard InChI is InChI=1S/C44H80N14O13S/c1-6-24(4)36(58-37(63)25(47)19-23(2)3)43(69)55-27(13-14-32(48)59)40(66)54-28(15-18-72-5)41(67)53-26(11-7-9-16-45)39(65)57-30(20-33(49)60)38(64)51-22-35(62)52-31(21-34(50)61)42(68)56-29(44(70)71)12-8-10-17-46/h23-31,36H,6-22,45-47H2,1-5H3,(H2,48,59)(H2,49,60)(H2,50,61)(H,51,64)(H,52,62)(H,53,67)(H,54,66)(H,55,69)(H,56,68)(H,57,65)(H,58,63)(H,70,71)/t24-,25-,26-,27-,28-,29-,30-,31-,36-/m0/s1. The maximum Gasteiger partial charge on any atom is 0.326 e.